The molecule has 2 aromatic carbocycles. The smallest absolute Gasteiger partial charge is 0.269 e. The van der Waals surface area contributed by atoms with Gasteiger partial charge in [-0.2, -0.15) is 16.8 Å². The lowest BCUT2D eigenvalue weighted by Crippen LogP contribution is -2.00. The van der Waals surface area contributed by atoms with Gasteiger partial charge in [-0.15, -0.1) is 0 Å². The lowest BCUT2D eigenvalue weighted by Gasteiger charge is -1.95. The van der Waals surface area contributed by atoms with Crippen LogP contribution in [0.5, 0.6) is 0 Å². The van der Waals surface area contributed by atoms with Gasteiger partial charge in [0.2, 0.25) is 0 Å². The first kappa shape index (κ1) is 18.3. The van der Waals surface area contributed by atoms with Gasteiger partial charge in [0.25, 0.3) is 20.2 Å². The van der Waals surface area contributed by atoms with Gasteiger partial charge >= 0.3 is 0 Å². The van der Waals surface area contributed by atoms with Gasteiger partial charge in [-0.1, -0.05) is 60.7 Å². The first-order chi connectivity index (χ1) is 10.2. The second kappa shape index (κ2) is 8.04. The van der Waals surface area contributed by atoms with Crippen molar-refractivity contribution in [1.82, 2.24) is 0 Å². The van der Waals surface area contributed by atoms with Crippen LogP contribution in [0.25, 0.3) is 0 Å². The molecule has 0 saturated heterocycles. The summed E-state index contributed by atoms with van der Waals surface area (Å²) >= 11 is 0. The van der Waals surface area contributed by atoms with Crippen molar-refractivity contribution in [3.8, 4) is 0 Å². The molecule has 0 aliphatic carbocycles. The van der Waals surface area contributed by atoms with Crippen LogP contribution in [0.1, 0.15) is 11.1 Å². The summed E-state index contributed by atoms with van der Waals surface area (Å²) in [6.07, 6.45) is 0. The third-order valence-corrected chi connectivity index (χ3v) is 3.78. The maximum Gasteiger partial charge on any atom is 0.269 e. The quantitative estimate of drug-likeness (QED) is 0.823. The zero-order valence-electron chi connectivity index (χ0n) is 11.5. The normalized spacial score (nSPS) is 11.4. The Morgan fingerprint density at radius 3 is 1.09 bits per heavy atom. The Morgan fingerprint density at radius 1 is 0.591 bits per heavy atom. The molecule has 0 spiro atoms. The van der Waals surface area contributed by atoms with Crippen LogP contribution in [-0.4, -0.2) is 25.9 Å². The molecule has 0 amide bonds. The van der Waals surface area contributed by atoms with E-state index in [-0.39, 0.29) is 11.5 Å². The molecule has 2 N–H and O–H groups in total. The molecule has 2 aromatic rings. The van der Waals surface area contributed by atoms with Gasteiger partial charge in [-0.25, -0.2) is 0 Å². The van der Waals surface area contributed by atoms with E-state index < -0.39 is 20.2 Å². The molecule has 0 saturated carbocycles. The SMILES string of the molecule is O=S(=O)(O)Cc1ccccc1.O=S(=O)(O)Cc1ccccc1. The number of benzene rings is 2. The topological polar surface area (TPSA) is 109 Å². The maximum atomic E-state index is 10.4. The van der Waals surface area contributed by atoms with E-state index in [0.29, 0.717) is 11.1 Å². The summed E-state index contributed by atoms with van der Waals surface area (Å²) in [4.78, 5) is 0. The fraction of sp³-hybridized carbons (Fsp3) is 0.143. The van der Waals surface area contributed by atoms with Crippen LogP contribution in [0, 0.1) is 0 Å². The van der Waals surface area contributed by atoms with Crippen LogP contribution in [0.2, 0.25) is 0 Å². The molecule has 0 fully saturated rings. The fourth-order valence-corrected chi connectivity index (χ4v) is 2.80. The van der Waals surface area contributed by atoms with Crippen molar-refractivity contribution >= 4 is 20.2 Å². The standard InChI is InChI=1S/2C7H8O3S/c2*8-11(9,10)6-7-4-2-1-3-5-7/h2*1-5H,6H2,(H,8,9,10). The van der Waals surface area contributed by atoms with E-state index in [0.717, 1.165) is 0 Å². The second-order valence-electron chi connectivity index (χ2n) is 4.42. The highest BCUT2D eigenvalue weighted by Crippen LogP contribution is 2.03. The highest BCUT2D eigenvalue weighted by Gasteiger charge is 2.05. The highest BCUT2D eigenvalue weighted by atomic mass is 32.2. The van der Waals surface area contributed by atoms with E-state index in [9.17, 15) is 16.8 Å². The number of rotatable bonds is 4. The van der Waals surface area contributed by atoms with Gasteiger partial charge in [-0.3, -0.25) is 9.11 Å². The van der Waals surface area contributed by atoms with Crippen molar-refractivity contribution in [2.45, 2.75) is 11.5 Å². The Bertz CT molecular complexity index is 699. The van der Waals surface area contributed by atoms with E-state index >= 15 is 0 Å². The Hall–Kier alpha value is -1.74. The molecule has 0 heterocycles. The van der Waals surface area contributed by atoms with Gasteiger partial charge in [-0.05, 0) is 11.1 Å². The summed E-state index contributed by atoms with van der Waals surface area (Å²) in [7, 11) is -7.75. The molecule has 0 unspecified atom stereocenters. The number of hydrogen-bond acceptors (Lipinski definition) is 4. The lowest BCUT2D eigenvalue weighted by atomic mass is 10.2. The summed E-state index contributed by atoms with van der Waals surface area (Å²) in [5, 5.41) is 0. The maximum absolute atomic E-state index is 10.4. The van der Waals surface area contributed by atoms with Gasteiger partial charge in [0, 0.05) is 0 Å². The molecule has 120 valence electrons. The Morgan fingerprint density at radius 2 is 0.864 bits per heavy atom. The van der Waals surface area contributed by atoms with Crippen molar-refractivity contribution in [2.24, 2.45) is 0 Å². The molecule has 0 aromatic heterocycles. The van der Waals surface area contributed by atoms with E-state index in [1.165, 1.54) is 0 Å². The van der Waals surface area contributed by atoms with Gasteiger partial charge < -0.3 is 0 Å². The largest absolute Gasteiger partial charge is 0.285 e. The summed E-state index contributed by atoms with van der Waals surface area (Å²) in [5.41, 5.74) is 1.19. The molecule has 6 nitrogen and oxygen atoms in total. The Balaban J connectivity index is 0.000000220. The van der Waals surface area contributed by atoms with Crippen molar-refractivity contribution in [3.05, 3.63) is 71.8 Å². The average Bonchev–Trinajstić information content (AvgIpc) is 2.38. The third-order valence-electron chi connectivity index (χ3n) is 2.38. The molecule has 0 aliphatic rings. The van der Waals surface area contributed by atoms with E-state index in [1.807, 2.05) is 0 Å². The van der Waals surface area contributed by atoms with Crippen molar-refractivity contribution in [1.29, 1.82) is 0 Å². The Kier molecular flexibility index (Phi) is 6.69. The van der Waals surface area contributed by atoms with Crippen molar-refractivity contribution < 1.29 is 25.9 Å². The van der Waals surface area contributed by atoms with Crippen LogP contribution >= 0.6 is 0 Å². The predicted molar refractivity (Wildman–Crippen MR) is 83.4 cm³/mol. The summed E-state index contributed by atoms with van der Waals surface area (Å²) < 4.78 is 58.3. The van der Waals surface area contributed by atoms with E-state index in [2.05, 4.69) is 0 Å². The zero-order chi connectivity index (χ0) is 16.6. The van der Waals surface area contributed by atoms with E-state index in [4.69, 9.17) is 9.11 Å². The summed E-state index contributed by atoms with van der Waals surface area (Å²) in [6, 6.07) is 17.0. The summed E-state index contributed by atoms with van der Waals surface area (Å²) in [6.45, 7) is 0. The average molecular weight is 344 g/mol. The molecule has 0 bridgehead atoms. The minimum Gasteiger partial charge on any atom is -0.285 e. The van der Waals surface area contributed by atoms with Crippen LogP contribution in [0.3, 0.4) is 0 Å². The fourth-order valence-electron chi connectivity index (χ4n) is 1.57. The van der Waals surface area contributed by atoms with Crippen LogP contribution in [0.15, 0.2) is 60.7 Å². The van der Waals surface area contributed by atoms with Crippen LogP contribution < -0.4 is 0 Å². The van der Waals surface area contributed by atoms with Crippen LogP contribution in [-0.2, 0) is 31.7 Å². The molecule has 0 aliphatic heterocycles. The molecule has 2 rings (SSSR count). The minimum atomic E-state index is -3.88. The minimum absolute atomic E-state index is 0.312. The van der Waals surface area contributed by atoms with Gasteiger partial charge in [0.1, 0.15) is 11.5 Å². The first-order valence-corrected chi connectivity index (χ1v) is 9.36. The first-order valence-electron chi connectivity index (χ1n) is 6.14. The Labute approximate surface area is 129 Å². The third kappa shape index (κ3) is 9.24. The number of hydrogen-bond donors (Lipinski definition) is 2. The molecular weight excluding hydrogens is 328 g/mol. The molecule has 0 atom stereocenters. The van der Waals surface area contributed by atoms with Gasteiger partial charge in [0.15, 0.2) is 0 Å². The van der Waals surface area contributed by atoms with Crippen molar-refractivity contribution in [3.63, 3.8) is 0 Å². The molecular formula is C14H16O6S2. The second-order valence-corrected chi connectivity index (χ2v) is 7.33. The monoisotopic (exact) mass is 344 g/mol. The molecule has 0 radical (unpaired) electrons. The predicted octanol–water partition coefficient (Wildman–Crippen LogP) is 2.15. The molecule has 22 heavy (non-hydrogen) atoms. The summed E-state index contributed by atoms with van der Waals surface area (Å²) in [5.74, 6) is -0.623. The zero-order valence-corrected chi connectivity index (χ0v) is 13.2. The highest BCUT2D eigenvalue weighted by molar-refractivity contribution is 7.85. The van der Waals surface area contributed by atoms with Crippen LogP contribution in [0.4, 0.5) is 0 Å². The van der Waals surface area contributed by atoms with E-state index in [1.54, 1.807) is 60.7 Å². The van der Waals surface area contributed by atoms with Crippen molar-refractivity contribution in [2.75, 3.05) is 0 Å². The molecule has 8 heteroatoms. The lowest BCUT2D eigenvalue weighted by molar-refractivity contribution is 0.479. The van der Waals surface area contributed by atoms with Gasteiger partial charge in [0.05, 0.1) is 0 Å².